The van der Waals surface area contributed by atoms with Crippen LogP contribution in [-0.4, -0.2) is 112 Å². The number of hydrogen-bond donors (Lipinski definition) is 6. The number of imidazole rings is 1. The quantitative estimate of drug-likeness (QED) is 0.0767. The van der Waals surface area contributed by atoms with Crippen molar-refractivity contribution in [2.24, 2.45) is 0 Å². The van der Waals surface area contributed by atoms with Crippen LogP contribution in [0.15, 0.2) is 22.2 Å². The zero-order chi connectivity index (χ0) is 34.6. The molecule has 3 aromatic heterocycles. The van der Waals surface area contributed by atoms with Crippen LogP contribution in [0.3, 0.4) is 0 Å². The summed E-state index contributed by atoms with van der Waals surface area (Å²) >= 11 is 0. The Labute approximate surface area is 272 Å². The van der Waals surface area contributed by atoms with Crippen molar-refractivity contribution in [3.8, 4) is 0 Å². The van der Waals surface area contributed by atoms with Crippen LogP contribution in [0.5, 0.6) is 0 Å². The van der Waals surface area contributed by atoms with Crippen molar-refractivity contribution in [2.45, 2.75) is 88.6 Å². The Hall–Kier alpha value is -3.37. The van der Waals surface area contributed by atoms with E-state index in [-0.39, 0.29) is 36.3 Å². The maximum absolute atomic E-state index is 13.4. The van der Waals surface area contributed by atoms with Crippen molar-refractivity contribution in [2.75, 3.05) is 37.9 Å². The molecule has 9 atom stereocenters. The van der Waals surface area contributed by atoms with Gasteiger partial charge < -0.3 is 45.5 Å². The van der Waals surface area contributed by atoms with Crippen molar-refractivity contribution >= 4 is 30.9 Å². The van der Waals surface area contributed by atoms with Gasteiger partial charge in [0.05, 0.1) is 19.5 Å². The van der Waals surface area contributed by atoms with Crippen LogP contribution in [0.1, 0.15) is 52.0 Å². The molecular formula is C26H40N9O12P. The first kappa shape index (κ1) is 35.9. The zero-order valence-electron chi connectivity index (χ0n) is 26.2. The Balaban J connectivity index is 1.34. The number of H-pyrrole nitrogens is 1. The number of nitrogens with zero attached hydrogens (tertiary/aromatic N) is 6. The normalized spacial score (nSPS) is 28.7. The topological polar surface area (TPSA) is 297 Å². The fourth-order valence-corrected chi connectivity index (χ4v) is 6.34. The van der Waals surface area contributed by atoms with Crippen LogP contribution in [-0.2, 0) is 32.6 Å². The maximum Gasteiger partial charge on any atom is 0.472 e. The molecule has 2 fully saturated rings. The minimum absolute atomic E-state index is 0.0422. The van der Waals surface area contributed by atoms with Gasteiger partial charge in [-0.05, 0) is 12.8 Å². The Bertz CT molecular complexity index is 1700. The fraction of sp³-hybridized carbons (Fsp3) is 0.692. The first-order valence-electron chi connectivity index (χ1n) is 15.4. The molecule has 0 amide bonds. The highest BCUT2D eigenvalue weighted by atomic mass is 31.2. The number of anilines is 2. The Morgan fingerprint density at radius 1 is 0.958 bits per heavy atom. The lowest BCUT2D eigenvalue weighted by atomic mass is 10.1. The smallest absolute Gasteiger partial charge is 0.394 e. The molecule has 266 valence electrons. The molecule has 0 aliphatic carbocycles. The first-order valence-corrected chi connectivity index (χ1v) is 16.9. The van der Waals surface area contributed by atoms with Gasteiger partial charge in [-0.1, -0.05) is 26.7 Å². The summed E-state index contributed by atoms with van der Waals surface area (Å²) in [5.41, 5.74) is 9.85. The molecule has 22 heteroatoms. The zero-order valence-corrected chi connectivity index (χ0v) is 27.1. The van der Waals surface area contributed by atoms with Gasteiger partial charge in [-0.25, -0.2) is 19.3 Å². The number of rotatable bonds is 16. The Morgan fingerprint density at radius 3 is 2.27 bits per heavy atom. The number of aromatic nitrogens is 7. The summed E-state index contributed by atoms with van der Waals surface area (Å²) < 4.78 is 50.2. The monoisotopic (exact) mass is 701 g/mol. The molecule has 0 spiro atoms. The summed E-state index contributed by atoms with van der Waals surface area (Å²) in [7, 11) is -5.00. The predicted molar refractivity (Wildman–Crippen MR) is 164 cm³/mol. The first-order chi connectivity index (χ1) is 23.0. The van der Waals surface area contributed by atoms with Crippen LogP contribution in [0, 0.1) is 0 Å². The second kappa shape index (κ2) is 15.5. The van der Waals surface area contributed by atoms with Gasteiger partial charge >= 0.3 is 13.5 Å². The summed E-state index contributed by atoms with van der Waals surface area (Å²) in [5, 5.41) is 21.2. The molecule has 21 nitrogen and oxygen atoms in total. The van der Waals surface area contributed by atoms with Crippen molar-refractivity contribution in [1.82, 2.24) is 34.1 Å². The number of phosphoric acid groups is 1. The predicted octanol–water partition coefficient (Wildman–Crippen LogP) is -1.04. The number of nitrogens with one attached hydrogen (secondary N) is 1. The maximum atomic E-state index is 13.4. The van der Waals surface area contributed by atoms with E-state index >= 15 is 0 Å². The van der Waals surface area contributed by atoms with E-state index in [1.165, 1.54) is 10.9 Å². The number of phosphoric ester groups is 1. The number of nitrogen functional groups attached to an aromatic ring is 2. The van der Waals surface area contributed by atoms with E-state index in [0.29, 0.717) is 12.8 Å². The highest BCUT2D eigenvalue weighted by molar-refractivity contribution is 7.47. The van der Waals surface area contributed by atoms with Crippen LogP contribution in [0.4, 0.5) is 11.9 Å². The number of hydrogen-bond acceptors (Lipinski definition) is 17. The van der Waals surface area contributed by atoms with Crippen molar-refractivity contribution < 1.29 is 47.7 Å². The lowest BCUT2D eigenvalue weighted by Gasteiger charge is -2.26. The van der Waals surface area contributed by atoms with E-state index in [4.69, 9.17) is 39.5 Å². The van der Waals surface area contributed by atoms with E-state index in [2.05, 4.69) is 24.9 Å². The minimum Gasteiger partial charge on any atom is -0.394 e. The molecule has 5 rings (SSSR count). The molecule has 2 saturated heterocycles. The number of nitrogens with two attached hydrogens (primary N) is 2. The van der Waals surface area contributed by atoms with Gasteiger partial charge in [0.25, 0.3) is 5.56 Å². The molecule has 3 unspecified atom stereocenters. The van der Waals surface area contributed by atoms with E-state index in [1.807, 2.05) is 13.8 Å². The highest BCUT2D eigenvalue weighted by Crippen LogP contribution is 2.50. The third-order valence-corrected chi connectivity index (χ3v) is 8.78. The summed E-state index contributed by atoms with van der Waals surface area (Å²) in [6.45, 7) is 2.97. The molecule has 2 aliphatic heterocycles. The molecule has 48 heavy (non-hydrogen) atoms. The van der Waals surface area contributed by atoms with Crippen LogP contribution >= 0.6 is 7.82 Å². The van der Waals surface area contributed by atoms with E-state index < -0.39 is 81.4 Å². The lowest BCUT2D eigenvalue weighted by Crippen LogP contribution is -2.39. The SMILES string of the molecule is CCCCO[C@H]1C(O)[C@@H](COP(=O)(O)OC2[C@@H](CO)O[C@@H](n3cnc4c(=O)[nH]c(N)nc43)[C@H]2OCCCC)O[C@H]1n1cnc(N)nc1=O. The average Bonchev–Trinajstić information content (AvgIpc) is 3.70. The number of ether oxygens (including phenoxy) is 4. The molecule has 0 radical (unpaired) electrons. The number of aliphatic hydroxyl groups excluding tert-OH is 2. The number of aromatic amines is 1. The van der Waals surface area contributed by atoms with Gasteiger partial charge in [0, 0.05) is 13.2 Å². The summed E-state index contributed by atoms with van der Waals surface area (Å²) in [4.78, 5) is 53.7. The van der Waals surface area contributed by atoms with Crippen LogP contribution in [0.25, 0.3) is 11.2 Å². The standard InChI is InChI=1S/C26H40N9O12P/c1-3-5-7-42-18-16(37)14(46-22(18)35-12-30-24(27)33-26(35)39)10-44-48(40,41)47-17-13(9-36)45-23(19(17)43-8-6-4-2)34-11-29-15-20(34)31-25(28)32-21(15)38/h11-14,16-19,22-23,36-37H,3-10H2,1-2H3,(H,40,41)(H2,27,33,39)(H3,28,31,32,38)/t13-,14-,16?,17?,18+,19+,22-,23-/m1/s1. The van der Waals surface area contributed by atoms with Crippen molar-refractivity contribution in [1.29, 1.82) is 0 Å². The molecule has 0 bridgehead atoms. The summed E-state index contributed by atoms with van der Waals surface area (Å²) in [6, 6.07) is 0. The summed E-state index contributed by atoms with van der Waals surface area (Å²) in [5.74, 6) is -0.441. The molecule has 3 aromatic rings. The molecular weight excluding hydrogens is 661 g/mol. The Kier molecular flexibility index (Phi) is 11.6. The van der Waals surface area contributed by atoms with Crippen LogP contribution in [0.2, 0.25) is 0 Å². The second-order valence-corrected chi connectivity index (χ2v) is 12.6. The molecule has 0 saturated carbocycles. The van der Waals surface area contributed by atoms with Gasteiger partial charge in [0.1, 0.15) is 43.0 Å². The molecule has 0 aromatic carbocycles. The van der Waals surface area contributed by atoms with E-state index in [0.717, 1.165) is 23.7 Å². The third-order valence-electron chi connectivity index (χ3n) is 7.80. The second-order valence-electron chi connectivity index (χ2n) is 11.2. The minimum atomic E-state index is -5.00. The molecule has 5 heterocycles. The van der Waals surface area contributed by atoms with Crippen molar-refractivity contribution in [3.05, 3.63) is 33.5 Å². The molecule has 8 N–H and O–H groups in total. The van der Waals surface area contributed by atoms with Gasteiger partial charge in [-0.15, -0.1) is 0 Å². The fourth-order valence-electron chi connectivity index (χ4n) is 5.38. The Morgan fingerprint density at radius 2 is 1.60 bits per heavy atom. The van der Waals surface area contributed by atoms with Gasteiger partial charge in [-0.3, -0.25) is 28.0 Å². The highest BCUT2D eigenvalue weighted by Gasteiger charge is 2.52. The number of unbranched alkanes of at least 4 members (excludes halogenated alkanes) is 2. The average molecular weight is 702 g/mol. The summed E-state index contributed by atoms with van der Waals surface area (Å²) in [6.07, 6.45) is -4.61. The number of fused-ring (bicyclic) bond motifs is 1. The van der Waals surface area contributed by atoms with Crippen molar-refractivity contribution in [3.63, 3.8) is 0 Å². The van der Waals surface area contributed by atoms with Gasteiger partial charge in [0.2, 0.25) is 11.9 Å². The van der Waals surface area contributed by atoms with E-state index in [1.54, 1.807) is 0 Å². The lowest BCUT2D eigenvalue weighted by molar-refractivity contribution is -0.0774. The third kappa shape index (κ3) is 7.75. The van der Waals surface area contributed by atoms with Crippen LogP contribution < -0.4 is 22.7 Å². The molecule has 2 aliphatic rings. The van der Waals surface area contributed by atoms with E-state index in [9.17, 15) is 29.3 Å². The van der Waals surface area contributed by atoms with Gasteiger partial charge in [0.15, 0.2) is 23.6 Å². The largest absolute Gasteiger partial charge is 0.472 e. The van der Waals surface area contributed by atoms with Gasteiger partial charge in [-0.2, -0.15) is 9.97 Å². The number of aliphatic hydroxyl groups is 2.